The van der Waals surface area contributed by atoms with Crippen molar-refractivity contribution in [3.05, 3.63) is 42.0 Å². The van der Waals surface area contributed by atoms with E-state index in [9.17, 15) is 4.79 Å². The lowest BCUT2D eigenvalue weighted by molar-refractivity contribution is -0.125. The molecule has 0 amide bonds. The van der Waals surface area contributed by atoms with Gasteiger partial charge in [0.1, 0.15) is 5.78 Å². The maximum absolute atomic E-state index is 11.6. The first-order valence-corrected chi connectivity index (χ1v) is 5.97. The van der Waals surface area contributed by atoms with Gasteiger partial charge < -0.3 is 4.74 Å². The van der Waals surface area contributed by atoms with E-state index in [2.05, 4.69) is 0 Å². The Morgan fingerprint density at radius 2 is 2.00 bits per heavy atom. The Kier molecular flexibility index (Phi) is 5.64. The van der Waals surface area contributed by atoms with Gasteiger partial charge >= 0.3 is 0 Å². The lowest BCUT2D eigenvalue weighted by Gasteiger charge is -2.17. The number of methoxy groups -OCH3 is 1. The van der Waals surface area contributed by atoms with Gasteiger partial charge in [0.05, 0.1) is 6.10 Å². The van der Waals surface area contributed by atoms with Gasteiger partial charge in [0.25, 0.3) is 0 Å². The van der Waals surface area contributed by atoms with Gasteiger partial charge in [0, 0.05) is 19.4 Å². The summed E-state index contributed by atoms with van der Waals surface area (Å²) in [6, 6.07) is 10.0. The Morgan fingerprint density at radius 1 is 1.35 bits per heavy atom. The van der Waals surface area contributed by atoms with Crippen LogP contribution in [0, 0.1) is 5.92 Å². The molecule has 0 aliphatic rings. The fourth-order valence-electron chi connectivity index (χ4n) is 1.72. The first-order valence-electron chi connectivity index (χ1n) is 5.97. The highest BCUT2D eigenvalue weighted by atomic mass is 16.5. The number of Topliss-reactive ketones (excluding diaryl/α,β-unsaturated/α-hetero) is 1. The molecule has 0 fully saturated rings. The second kappa shape index (κ2) is 7.02. The van der Waals surface area contributed by atoms with Gasteiger partial charge in [-0.2, -0.15) is 0 Å². The van der Waals surface area contributed by atoms with Crippen LogP contribution in [0.3, 0.4) is 0 Å². The van der Waals surface area contributed by atoms with E-state index >= 15 is 0 Å². The van der Waals surface area contributed by atoms with Crippen molar-refractivity contribution in [2.45, 2.75) is 26.4 Å². The number of carbonyl (C=O) groups is 1. The standard InChI is InChI=1S/C15H20O2/c1-4-14(16)12(2)15(17-3)11-10-13-8-6-5-7-9-13/h5-12,15H,4H2,1-3H3/b11-10+/t12-,15+/m0/s1. The van der Waals surface area contributed by atoms with E-state index in [1.165, 1.54) is 0 Å². The first-order chi connectivity index (χ1) is 8.19. The molecule has 1 rings (SSSR count). The fraction of sp³-hybridized carbons (Fsp3) is 0.400. The first kappa shape index (κ1) is 13.7. The number of rotatable bonds is 6. The van der Waals surface area contributed by atoms with Crippen LogP contribution in [0.15, 0.2) is 36.4 Å². The quantitative estimate of drug-likeness (QED) is 0.752. The number of benzene rings is 1. The zero-order valence-electron chi connectivity index (χ0n) is 10.7. The molecule has 0 saturated heterocycles. The summed E-state index contributed by atoms with van der Waals surface area (Å²) in [7, 11) is 1.64. The monoisotopic (exact) mass is 232 g/mol. The third kappa shape index (κ3) is 4.16. The van der Waals surface area contributed by atoms with Crippen molar-refractivity contribution in [3.8, 4) is 0 Å². The third-order valence-electron chi connectivity index (χ3n) is 2.90. The highest BCUT2D eigenvalue weighted by Crippen LogP contribution is 2.13. The Hall–Kier alpha value is -1.41. The molecule has 2 atom stereocenters. The second-order valence-electron chi connectivity index (χ2n) is 4.08. The minimum atomic E-state index is -0.150. The van der Waals surface area contributed by atoms with Crippen molar-refractivity contribution in [2.75, 3.05) is 7.11 Å². The number of hydrogen-bond acceptors (Lipinski definition) is 2. The average molecular weight is 232 g/mol. The zero-order valence-corrected chi connectivity index (χ0v) is 10.7. The smallest absolute Gasteiger partial charge is 0.138 e. The van der Waals surface area contributed by atoms with Crippen molar-refractivity contribution in [1.82, 2.24) is 0 Å². The van der Waals surface area contributed by atoms with E-state index in [1.54, 1.807) is 7.11 Å². The summed E-state index contributed by atoms with van der Waals surface area (Å²) in [5, 5.41) is 0. The van der Waals surface area contributed by atoms with Gasteiger partial charge in [-0.15, -0.1) is 0 Å². The van der Waals surface area contributed by atoms with Crippen LogP contribution in [-0.4, -0.2) is 19.0 Å². The van der Waals surface area contributed by atoms with Gasteiger partial charge in [-0.25, -0.2) is 0 Å². The summed E-state index contributed by atoms with van der Waals surface area (Å²) in [6.07, 6.45) is 4.35. The van der Waals surface area contributed by atoms with Crippen molar-refractivity contribution in [2.24, 2.45) is 5.92 Å². The normalized spacial score (nSPS) is 14.8. The Balaban J connectivity index is 2.70. The van der Waals surface area contributed by atoms with Crippen molar-refractivity contribution in [3.63, 3.8) is 0 Å². The van der Waals surface area contributed by atoms with E-state index in [-0.39, 0.29) is 17.8 Å². The van der Waals surface area contributed by atoms with E-state index in [0.717, 1.165) is 5.56 Å². The molecule has 0 unspecified atom stereocenters. The van der Waals surface area contributed by atoms with E-state index in [1.807, 2.05) is 56.3 Å². The molecular weight excluding hydrogens is 212 g/mol. The minimum absolute atomic E-state index is 0.0926. The largest absolute Gasteiger partial charge is 0.377 e. The molecule has 92 valence electrons. The lowest BCUT2D eigenvalue weighted by Crippen LogP contribution is -2.25. The summed E-state index contributed by atoms with van der Waals surface area (Å²) in [5.41, 5.74) is 1.12. The molecule has 0 N–H and O–H groups in total. The maximum Gasteiger partial charge on any atom is 0.138 e. The second-order valence-corrected chi connectivity index (χ2v) is 4.08. The molecule has 0 aromatic heterocycles. The molecule has 2 heteroatoms. The topological polar surface area (TPSA) is 26.3 Å². The minimum Gasteiger partial charge on any atom is -0.377 e. The fourth-order valence-corrected chi connectivity index (χ4v) is 1.72. The molecule has 0 heterocycles. The van der Waals surface area contributed by atoms with Gasteiger partial charge in [-0.1, -0.05) is 56.3 Å². The molecule has 0 radical (unpaired) electrons. The number of hydrogen-bond donors (Lipinski definition) is 0. The summed E-state index contributed by atoms with van der Waals surface area (Å²) in [6.45, 7) is 3.79. The predicted molar refractivity (Wildman–Crippen MR) is 70.7 cm³/mol. The van der Waals surface area contributed by atoms with Crippen LogP contribution in [0.5, 0.6) is 0 Å². The Labute approximate surface area is 103 Å². The summed E-state index contributed by atoms with van der Waals surface area (Å²) < 4.78 is 5.35. The molecule has 0 aliphatic heterocycles. The van der Waals surface area contributed by atoms with Crippen molar-refractivity contribution < 1.29 is 9.53 Å². The van der Waals surface area contributed by atoms with Crippen LogP contribution < -0.4 is 0 Å². The molecule has 1 aromatic rings. The molecular formula is C15H20O2. The highest BCUT2D eigenvalue weighted by Gasteiger charge is 2.19. The molecule has 0 aliphatic carbocycles. The number of ether oxygens (including phenoxy) is 1. The van der Waals surface area contributed by atoms with Crippen LogP contribution in [0.25, 0.3) is 6.08 Å². The summed E-state index contributed by atoms with van der Waals surface area (Å²) in [5.74, 6) is 0.138. The van der Waals surface area contributed by atoms with Crippen LogP contribution >= 0.6 is 0 Å². The van der Waals surface area contributed by atoms with Crippen molar-refractivity contribution >= 4 is 11.9 Å². The van der Waals surface area contributed by atoms with Gasteiger partial charge in [-0.05, 0) is 5.56 Å². The maximum atomic E-state index is 11.6. The van der Waals surface area contributed by atoms with E-state index in [0.29, 0.717) is 6.42 Å². The molecule has 2 nitrogen and oxygen atoms in total. The Bertz CT molecular complexity index is 368. The lowest BCUT2D eigenvalue weighted by atomic mass is 9.97. The van der Waals surface area contributed by atoms with Gasteiger partial charge in [-0.3, -0.25) is 4.79 Å². The SMILES string of the molecule is CCC(=O)[C@H](C)[C@@H](/C=C/c1ccccc1)OC. The summed E-state index contributed by atoms with van der Waals surface area (Å²) >= 11 is 0. The molecule has 0 bridgehead atoms. The van der Waals surface area contributed by atoms with Crippen LogP contribution in [-0.2, 0) is 9.53 Å². The van der Waals surface area contributed by atoms with Gasteiger partial charge in [0.15, 0.2) is 0 Å². The number of carbonyl (C=O) groups excluding carboxylic acids is 1. The molecule has 1 aromatic carbocycles. The van der Waals surface area contributed by atoms with Crippen LogP contribution in [0.2, 0.25) is 0 Å². The zero-order chi connectivity index (χ0) is 12.7. The third-order valence-corrected chi connectivity index (χ3v) is 2.90. The Morgan fingerprint density at radius 3 is 2.53 bits per heavy atom. The highest BCUT2D eigenvalue weighted by molar-refractivity contribution is 5.81. The van der Waals surface area contributed by atoms with E-state index in [4.69, 9.17) is 4.74 Å². The molecule has 0 spiro atoms. The van der Waals surface area contributed by atoms with Crippen molar-refractivity contribution in [1.29, 1.82) is 0 Å². The predicted octanol–water partition coefficient (Wildman–Crippen LogP) is 3.33. The van der Waals surface area contributed by atoms with Crippen LogP contribution in [0.4, 0.5) is 0 Å². The molecule has 17 heavy (non-hydrogen) atoms. The average Bonchev–Trinajstić information content (AvgIpc) is 2.39. The summed E-state index contributed by atoms with van der Waals surface area (Å²) in [4.78, 5) is 11.6. The number of ketones is 1. The molecule has 0 saturated carbocycles. The van der Waals surface area contributed by atoms with E-state index < -0.39 is 0 Å². The van der Waals surface area contributed by atoms with Gasteiger partial charge in [0.2, 0.25) is 0 Å². The van der Waals surface area contributed by atoms with Crippen LogP contribution in [0.1, 0.15) is 25.8 Å².